The van der Waals surface area contributed by atoms with Gasteiger partial charge in [-0.05, 0) is 56.2 Å². The highest BCUT2D eigenvalue weighted by molar-refractivity contribution is 14.0. The zero-order valence-electron chi connectivity index (χ0n) is 16.0. The molecule has 6 heteroatoms. The van der Waals surface area contributed by atoms with Gasteiger partial charge in [0.15, 0.2) is 5.96 Å². The number of aromatic nitrogens is 1. The van der Waals surface area contributed by atoms with Crippen LogP contribution in [-0.4, -0.2) is 35.0 Å². The van der Waals surface area contributed by atoms with Gasteiger partial charge in [0.2, 0.25) is 0 Å². The van der Waals surface area contributed by atoms with Gasteiger partial charge in [0.05, 0.1) is 12.2 Å². The lowest BCUT2D eigenvalue weighted by Crippen LogP contribution is -2.42. The third kappa shape index (κ3) is 6.68. The zero-order chi connectivity index (χ0) is 18.2. The van der Waals surface area contributed by atoms with E-state index in [4.69, 9.17) is 4.99 Å². The maximum Gasteiger partial charge on any atom is 0.191 e. The van der Waals surface area contributed by atoms with Crippen molar-refractivity contribution >= 4 is 41.7 Å². The van der Waals surface area contributed by atoms with Gasteiger partial charge in [-0.15, -0.1) is 24.0 Å². The van der Waals surface area contributed by atoms with Crippen LogP contribution in [0.1, 0.15) is 31.7 Å². The molecule has 2 unspecified atom stereocenters. The fourth-order valence-corrected chi connectivity index (χ4v) is 4.13. The first-order chi connectivity index (χ1) is 12.8. The zero-order valence-corrected chi connectivity index (χ0v) is 19.2. The molecule has 0 aliphatic heterocycles. The third-order valence-electron chi connectivity index (χ3n) is 4.71. The highest BCUT2D eigenvalue weighted by Crippen LogP contribution is 2.28. The van der Waals surface area contributed by atoms with E-state index in [-0.39, 0.29) is 24.0 Å². The lowest BCUT2D eigenvalue weighted by molar-refractivity contribution is 0.615. The Morgan fingerprint density at radius 1 is 1.22 bits per heavy atom. The Labute approximate surface area is 184 Å². The van der Waals surface area contributed by atoms with Crippen LogP contribution in [0.25, 0.3) is 11.3 Å². The molecule has 1 aliphatic rings. The number of halogens is 1. The summed E-state index contributed by atoms with van der Waals surface area (Å²) in [5.74, 6) is 0.919. The number of rotatable bonds is 6. The number of nitrogens with one attached hydrogen (secondary N) is 2. The summed E-state index contributed by atoms with van der Waals surface area (Å²) in [5, 5.41) is 7.77. The van der Waals surface area contributed by atoms with Crippen molar-refractivity contribution in [2.45, 2.75) is 44.0 Å². The molecule has 1 aromatic heterocycles. The summed E-state index contributed by atoms with van der Waals surface area (Å²) in [4.78, 5) is 9.24. The quantitative estimate of drug-likeness (QED) is 0.346. The number of aliphatic imine (C=N–C) groups is 1. The number of benzene rings is 1. The Morgan fingerprint density at radius 2 is 2.11 bits per heavy atom. The summed E-state index contributed by atoms with van der Waals surface area (Å²) in [5.41, 5.74) is 3.33. The van der Waals surface area contributed by atoms with Crippen LogP contribution in [0.4, 0.5) is 0 Å². The number of thioether (sulfide) groups is 1. The number of guanidine groups is 1. The predicted octanol–water partition coefficient (Wildman–Crippen LogP) is 4.71. The first-order valence-corrected chi connectivity index (χ1v) is 10.6. The standard InChI is InChI=1S/C21H28N4S.HI/c1-3-22-21(25-18-10-11-19(14-18)26-2)24-15-16-7-6-8-17(13-16)20-9-4-5-12-23-20;/h4-9,12-13,18-19H,3,10-11,14-15H2,1-2H3,(H2,22,24,25);1H. The molecule has 4 nitrogen and oxygen atoms in total. The van der Waals surface area contributed by atoms with Crippen molar-refractivity contribution in [3.63, 3.8) is 0 Å². The third-order valence-corrected chi connectivity index (χ3v) is 5.81. The van der Waals surface area contributed by atoms with Gasteiger partial charge in [-0.3, -0.25) is 4.98 Å². The Morgan fingerprint density at radius 3 is 2.81 bits per heavy atom. The van der Waals surface area contributed by atoms with E-state index in [1.54, 1.807) is 0 Å². The van der Waals surface area contributed by atoms with E-state index in [0.29, 0.717) is 12.6 Å². The monoisotopic (exact) mass is 496 g/mol. The summed E-state index contributed by atoms with van der Waals surface area (Å²) >= 11 is 1.98. The average Bonchev–Trinajstić information content (AvgIpc) is 3.15. The van der Waals surface area contributed by atoms with Crippen LogP contribution < -0.4 is 10.6 Å². The van der Waals surface area contributed by atoms with Crippen molar-refractivity contribution < 1.29 is 0 Å². The summed E-state index contributed by atoms with van der Waals surface area (Å²) in [6.07, 6.45) is 7.79. The first-order valence-electron chi connectivity index (χ1n) is 9.36. The second kappa shape index (κ2) is 11.5. The fraction of sp³-hybridized carbons (Fsp3) is 0.429. The van der Waals surface area contributed by atoms with Crippen LogP contribution in [-0.2, 0) is 6.54 Å². The molecule has 146 valence electrons. The highest BCUT2D eigenvalue weighted by atomic mass is 127. The summed E-state index contributed by atoms with van der Waals surface area (Å²) in [6.45, 7) is 3.64. The Hall–Kier alpha value is -1.28. The molecule has 3 rings (SSSR count). The van der Waals surface area contributed by atoms with Gasteiger partial charge in [0.25, 0.3) is 0 Å². The average molecular weight is 496 g/mol. The molecular weight excluding hydrogens is 467 g/mol. The lowest BCUT2D eigenvalue weighted by Gasteiger charge is -2.17. The molecule has 1 fully saturated rings. The molecule has 0 spiro atoms. The molecule has 0 radical (unpaired) electrons. The molecule has 1 aliphatic carbocycles. The van der Waals surface area contributed by atoms with E-state index in [1.165, 1.54) is 24.8 Å². The summed E-state index contributed by atoms with van der Waals surface area (Å²) in [7, 11) is 0. The van der Waals surface area contributed by atoms with Crippen molar-refractivity contribution in [2.24, 2.45) is 4.99 Å². The SMILES string of the molecule is CCNC(=NCc1cccc(-c2ccccn2)c1)NC1CCC(SC)C1.I. The van der Waals surface area contributed by atoms with Crippen molar-refractivity contribution in [1.82, 2.24) is 15.6 Å². The van der Waals surface area contributed by atoms with Gasteiger partial charge in [0, 0.05) is 29.6 Å². The van der Waals surface area contributed by atoms with E-state index in [0.717, 1.165) is 29.0 Å². The fourth-order valence-electron chi connectivity index (χ4n) is 3.33. The smallest absolute Gasteiger partial charge is 0.191 e. The molecule has 2 N–H and O–H groups in total. The van der Waals surface area contributed by atoms with E-state index < -0.39 is 0 Å². The molecular formula is C21H29IN4S. The van der Waals surface area contributed by atoms with Crippen molar-refractivity contribution in [2.75, 3.05) is 12.8 Å². The van der Waals surface area contributed by atoms with Gasteiger partial charge in [-0.1, -0.05) is 24.3 Å². The Kier molecular flexibility index (Phi) is 9.41. The minimum Gasteiger partial charge on any atom is -0.357 e. The molecule has 1 heterocycles. The van der Waals surface area contributed by atoms with Crippen molar-refractivity contribution in [1.29, 1.82) is 0 Å². The van der Waals surface area contributed by atoms with E-state index in [9.17, 15) is 0 Å². The van der Waals surface area contributed by atoms with Crippen molar-refractivity contribution in [3.8, 4) is 11.3 Å². The van der Waals surface area contributed by atoms with Crippen LogP contribution in [0.2, 0.25) is 0 Å². The Bertz CT molecular complexity index is 723. The van der Waals surface area contributed by atoms with E-state index >= 15 is 0 Å². The molecule has 0 bridgehead atoms. The number of pyridine rings is 1. The maximum atomic E-state index is 4.80. The van der Waals surface area contributed by atoms with Crippen molar-refractivity contribution in [3.05, 3.63) is 54.2 Å². The van der Waals surface area contributed by atoms with Crippen LogP contribution in [0, 0.1) is 0 Å². The molecule has 27 heavy (non-hydrogen) atoms. The normalized spacial score (nSPS) is 19.4. The largest absolute Gasteiger partial charge is 0.357 e. The molecule has 2 aromatic rings. The predicted molar refractivity (Wildman–Crippen MR) is 128 cm³/mol. The molecule has 1 aromatic carbocycles. The van der Waals surface area contributed by atoms with Gasteiger partial charge in [-0.25, -0.2) is 4.99 Å². The molecule has 0 amide bonds. The number of hydrogen-bond donors (Lipinski definition) is 2. The van der Waals surface area contributed by atoms with E-state index in [1.807, 2.05) is 36.2 Å². The van der Waals surface area contributed by atoms with Crippen LogP contribution in [0.15, 0.2) is 53.7 Å². The second-order valence-corrected chi connectivity index (χ2v) is 7.76. The maximum absolute atomic E-state index is 4.80. The molecule has 0 saturated heterocycles. The summed E-state index contributed by atoms with van der Waals surface area (Å²) < 4.78 is 0. The second-order valence-electron chi connectivity index (χ2n) is 6.62. The first kappa shape index (κ1) is 22.0. The Balaban J connectivity index is 0.00000261. The van der Waals surface area contributed by atoms with Gasteiger partial charge < -0.3 is 10.6 Å². The van der Waals surface area contributed by atoms with Crippen LogP contribution >= 0.6 is 35.7 Å². The highest BCUT2D eigenvalue weighted by Gasteiger charge is 2.24. The number of nitrogens with zero attached hydrogens (tertiary/aromatic N) is 2. The minimum absolute atomic E-state index is 0. The van der Waals surface area contributed by atoms with Crippen LogP contribution in [0.3, 0.4) is 0 Å². The van der Waals surface area contributed by atoms with Crippen LogP contribution in [0.5, 0.6) is 0 Å². The van der Waals surface area contributed by atoms with E-state index in [2.05, 4.69) is 53.1 Å². The molecule has 2 atom stereocenters. The minimum atomic E-state index is 0. The summed E-state index contributed by atoms with van der Waals surface area (Å²) in [6, 6.07) is 15.0. The molecule has 1 saturated carbocycles. The van der Waals surface area contributed by atoms with Gasteiger partial charge in [-0.2, -0.15) is 11.8 Å². The van der Waals surface area contributed by atoms with Gasteiger partial charge >= 0.3 is 0 Å². The lowest BCUT2D eigenvalue weighted by atomic mass is 10.1. The number of hydrogen-bond acceptors (Lipinski definition) is 3. The van der Waals surface area contributed by atoms with Gasteiger partial charge in [0.1, 0.15) is 0 Å². The topological polar surface area (TPSA) is 49.3 Å².